The molecule has 16 heavy (non-hydrogen) atoms. The Balaban J connectivity index is 2.88. The molecule has 0 spiro atoms. The molecule has 1 aromatic carbocycles. The fourth-order valence-electron chi connectivity index (χ4n) is 1.11. The van der Waals surface area contributed by atoms with E-state index in [1.165, 1.54) is 0 Å². The summed E-state index contributed by atoms with van der Waals surface area (Å²) >= 11 is 6.44. The van der Waals surface area contributed by atoms with E-state index in [0.29, 0.717) is 20.2 Å². The van der Waals surface area contributed by atoms with Crippen molar-refractivity contribution < 1.29 is 14.7 Å². The number of hydrogen-bond acceptors (Lipinski definition) is 3. The van der Waals surface area contributed by atoms with Crippen molar-refractivity contribution in [2.24, 2.45) is 0 Å². The summed E-state index contributed by atoms with van der Waals surface area (Å²) in [4.78, 5) is 22.0. The minimum absolute atomic E-state index is 0.0157. The smallest absolute Gasteiger partial charge is 0.303 e. The molecule has 0 aromatic heterocycles. The zero-order valence-electron chi connectivity index (χ0n) is 8.17. The van der Waals surface area contributed by atoms with Crippen LogP contribution in [0.5, 0.6) is 0 Å². The van der Waals surface area contributed by atoms with Crippen LogP contribution >= 0.6 is 31.9 Å². The van der Waals surface area contributed by atoms with Crippen molar-refractivity contribution in [3.8, 4) is 0 Å². The number of benzene rings is 1. The maximum atomic E-state index is 11.6. The number of carbonyl (C=O) groups excluding carboxylic acids is 1. The van der Waals surface area contributed by atoms with E-state index in [1.807, 2.05) is 0 Å². The van der Waals surface area contributed by atoms with Crippen molar-refractivity contribution in [1.82, 2.24) is 0 Å². The Hall–Kier alpha value is -0.880. The average Bonchev–Trinajstić information content (AvgIpc) is 2.21. The number of nitrogen functional groups attached to an aromatic ring is 1. The van der Waals surface area contributed by atoms with Gasteiger partial charge in [0.2, 0.25) is 0 Å². The summed E-state index contributed by atoms with van der Waals surface area (Å²) in [5, 5.41) is 8.47. The molecule has 0 aliphatic carbocycles. The molecule has 1 aromatic rings. The molecule has 0 aliphatic heterocycles. The van der Waals surface area contributed by atoms with Gasteiger partial charge in [0.15, 0.2) is 5.78 Å². The second-order valence-corrected chi connectivity index (χ2v) is 4.88. The van der Waals surface area contributed by atoms with E-state index >= 15 is 0 Å². The van der Waals surface area contributed by atoms with Gasteiger partial charge < -0.3 is 10.8 Å². The van der Waals surface area contributed by atoms with Crippen LogP contribution in [0.2, 0.25) is 0 Å². The molecule has 0 saturated heterocycles. The minimum atomic E-state index is -0.984. The molecule has 6 heteroatoms. The van der Waals surface area contributed by atoms with Crippen LogP contribution in [0.3, 0.4) is 0 Å². The third-order valence-corrected chi connectivity index (χ3v) is 3.28. The highest BCUT2D eigenvalue weighted by Gasteiger charge is 2.12. The number of nitrogens with two attached hydrogens (primary N) is 1. The van der Waals surface area contributed by atoms with Crippen molar-refractivity contribution in [2.45, 2.75) is 12.8 Å². The Morgan fingerprint density at radius 3 is 2.12 bits per heavy atom. The Labute approximate surface area is 109 Å². The molecular weight excluding hydrogens is 342 g/mol. The van der Waals surface area contributed by atoms with E-state index in [1.54, 1.807) is 12.1 Å². The third kappa shape index (κ3) is 3.31. The van der Waals surface area contributed by atoms with E-state index in [0.717, 1.165) is 0 Å². The number of hydrogen-bond donors (Lipinski definition) is 2. The number of halogens is 2. The Morgan fingerprint density at radius 2 is 1.69 bits per heavy atom. The van der Waals surface area contributed by atoms with Gasteiger partial charge in [0, 0.05) is 20.9 Å². The molecule has 86 valence electrons. The fourth-order valence-corrected chi connectivity index (χ4v) is 2.30. The van der Waals surface area contributed by atoms with Gasteiger partial charge >= 0.3 is 5.97 Å². The Kier molecular flexibility index (Phi) is 4.49. The van der Waals surface area contributed by atoms with E-state index in [9.17, 15) is 9.59 Å². The molecule has 0 amide bonds. The number of ketones is 1. The van der Waals surface area contributed by atoms with E-state index in [2.05, 4.69) is 31.9 Å². The van der Waals surface area contributed by atoms with Crippen LogP contribution < -0.4 is 5.73 Å². The number of Topliss-reactive ketones (excluding diaryl/α,β-unsaturated/α-hetero) is 1. The first-order chi connectivity index (χ1) is 7.41. The van der Waals surface area contributed by atoms with Crippen molar-refractivity contribution in [3.63, 3.8) is 0 Å². The van der Waals surface area contributed by atoms with Gasteiger partial charge in [0.25, 0.3) is 0 Å². The van der Waals surface area contributed by atoms with Crippen LogP contribution in [0, 0.1) is 0 Å². The minimum Gasteiger partial charge on any atom is -0.481 e. The first-order valence-corrected chi connectivity index (χ1v) is 6.00. The number of anilines is 1. The van der Waals surface area contributed by atoms with E-state index < -0.39 is 5.97 Å². The summed E-state index contributed by atoms with van der Waals surface area (Å²) in [6, 6.07) is 3.18. The molecule has 0 unspecified atom stereocenters. The van der Waals surface area contributed by atoms with Gasteiger partial charge in [-0.2, -0.15) is 0 Å². The van der Waals surface area contributed by atoms with Gasteiger partial charge in [-0.1, -0.05) is 0 Å². The molecule has 0 saturated carbocycles. The third-order valence-electron chi connectivity index (χ3n) is 1.97. The van der Waals surface area contributed by atoms with Crippen molar-refractivity contribution >= 4 is 49.3 Å². The summed E-state index contributed by atoms with van der Waals surface area (Å²) < 4.78 is 1.22. The number of rotatable bonds is 4. The van der Waals surface area contributed by atoms with Crippen LogP contribution in [-0.4, -0.2) is 16.9 Å². The normalized spacial score (nSPS) is 10.1. The lowest BCUT2D eigenvalue weighted by atomic mass is 10.1. The first-order valence-electron chi connectivity index (χ1n) is 4.41. The maximum absolute atomic E-state index is 11.6. The van der Waals surface area contributed by atoms with Gasteiger partial charge in [-0.05, 0) is 44.0 Å². The van der Waals surface area contributed by atoms with Crippen LogP contribution in [0.25, 0.3) is 0 Å². The van der Waals surface area contributed by atoms with Gasteiger partial charge in [-0.25, -0.2) is 0 Å². The number of carbonyl (C=O) groups is 2. The molecule has 3 N–H and O–H groups in total. The van der Waals surface area contributed by atoms with Gasteiger partial charge in [0.1, 0.15) is 0 Å². The van der Waals surface area contributed by atoms with Gasteiger partial charge in [-0.3, -0.25) is 9.59 Å². The molecule has 0 aliphatic rings. The highest BCUT2D eigenvalue weighted by Crippen LogP contribution is 2.30. The van der Waals surface area contributed by atoms with Crippen molar-refractivity contribution in [1.29, 1.82) is 0 Å². The molecule has 0 radical (unpaired) electrons. The topological polar surface area (TPSA) is 80.4 Å². The fraction of sp³-hybridized carbons (Fsp3) is 0.200. The summed E-state index contributed by atoms with van der Waals surface area (Å²) in [6.07, 6.45) is -0.184. The highest BCUT2D eigenvalue weighted by atomic mass is 79.9. The summed E-state index contributed by atoms with van der Waals surface area (Å²) in [7, 11) is 0. The zero-order chi connectivity index (χ0) is 12.3. The predicted octanol–water partition coefficient (Wildman–Crippen LogP) is 2.84. The summed E-state index contributed by atoms with van der Waals surface area (Å²) in [6.45, 7) is 0. The van der Waals surface area contributed by atoms with Crippen molar-refractivity contribution in [2.75, 3.05) is 5.73 Å². The first kappa shape index (κ1) is 13.2. The Morgan fingerprint density at radius 1 is 1.19 bits per heavy atom. The lowest BCUT2D eigenvalue weighted by Gasteiger charge is -2.05. The molecule has 0 bridgehead atoms. The average molecular weight is 351 g/mol. The SMILES string of the molecule is Nc1c(Br)cc(C(=O)CCC(=O)O)cc1Br. The molecule has 1 rings (SSSR count). The summed E-state index contributed by atoms with van der Waals surface area (Å²) in [5.41, 5.74) is 6.62. The lowest BCUT2D eigenvalue weighted by Crippen LogP contribution is -2.04. The molecule has 4 nitrogen and oxygen atoms in total. The van der Waals surface area contributed by atoms with Crippen molar-refractivity contribution in [3.05, 3.63) is 26.6 Å². The molecule has 0 heterocycles. The number of carboxylic acids is 1. The monoisotopic (exact) mass is 349 g/mol. The van der Waals surface area contributed by atoms with Gasteiger partial charge in [-0.15, -0.1) is 0 Å². The predicted molar refractivity (Wildman–Crippen MR) is 67.5 cm³/mol. The molecule has 0 fully saturated rings. The van der Waals surface area contributed by atoms with Crippen LogP contribution in [0.4, 0.5) is 5.69 Å². The van der Waals surface area contributed by atoms with Crippen LogP contribution in [0.15, 0.2) is 21.1 Å². The second-order valence-electron chi connectivity index (χ2n) is 3.17. The Bertz CT molecular complexity index is 423. The zero-order valence-corrected chi connectivity index (χ0v) is 11.3. The largest absolute Gasteiger partial charge is 0.481 e. The van der Waals surface area contributed by atoms with E-state index in [-0.39, 0.29) is 18.6 Å². The van der Waals surface area contributed by atoms with Crippen LogP contribution in [-0.2, 0) is 4.79 Å². The number of carboxylic acid groups (broad SMARTS) is 1. The summed E-state index contributed by atoms with van der Waals surface area (Å²) in [5.74, 6) is -1.20. The quantitative estimate of drug-likeness (QED) is 0.646. The maximum Gasteiger partial charge on any atom is 0.303 e. The van der Waals surface area contributed by atoms with Crippen LogP contribution in [0.1, 0.15) is 23.2 Å². The highest BCUT2D eigenvalue weighted by molar-refractivity contribution is 9.11. The lowest BCUT2D eigenvalue weighted by molar-refractivity contribution is -0.136. The molecule has 0 atom stereocenters. The molecular formula is C10H9Br2NO3. The standard InChI is InChI=1S/C10H9Br2NO3/c11-6-3-5(4-7(12)10(6)13)8(14)1-2-9(15)16/h3-4H,1-2,13H2,(H,15,16). The number of aliphatic carboxylic acids is 1. The van der Waals surface area contributed by atoms with Gasteiger partial charge in [0.05, 0.1) is 12.1 Å². The van der Waals surface area contributed by atoms with E-state index in [4.69, 9.17) is 10.8 Å². The second kappa shape index (κ2) is 5.45.